The van der Waals surface area contributed by atoms with Gasteiger partial charge in [-0.25, -0.2) is 0 Å². The Kier molecular flexibility index (Phi) is 11.4. The van der Waals surface area contributed by atoms with Crippen molar-refractivity contribution in [2.24, 2.45) is 0 Å². The van der Waals surface area contributed by atoms with E-state index in [9.17, 15) is 15.0 Å². The molecular formula is C39H38Br2N2O9. The number of aliphatic hydroxyl groups excluding tert-OH is 2. The fourth-order valence-electron chi connectivity index (χ4n) is 6.71. The van der Waals surface area contributed by atoms with Gasteiger partial charge in [0.15, 0.2) is 35.6 Å². The van der Waals surface area contributed by atoms with Crippen LogP contribution in [0.4, 0.5) is 5.69 Å². The molecule has 7 rings (SSSR count). The van der Waals surface area contributed by atoms with Crippen LogP contribution in [-0.4, -0.2) is 62.1 Å². The Morgan fingerprint density at radius 3 is 1.92 bits per heavy atom. The molecule has 4 atom stereocenters. The van der Waals surface area contributed by atoms with Gasteiger partial charge >= 0.3 is 0 Å². The van der Waals surface area contributed by atoms with Crippen LogP contribution < -0.4 is 33.7 Å². The van der Waals surface area contributed by atoms with Crippen molar-refractivity contribution < 1.29 is 43.4 Å². The molecule has 4 aromatic carbocycles. The van der Waals surface area contributed by atoms with Crippen molar-refractivity contribution in [1.82, 2.24) is 4.98 Å². The number of benzene rings is 4. The predicted octanol–water partition coefficient (Wildman–Crippen LogP) is 7.90. The van der Waals surface area contributed by atoms with Gasteiger partial charge in [-0.15, -0.1) is 0 Å². The van der Waals surface area contributed by atoms with Crippen molar-refractivity contribution in [2.75, 3.05) is 33.8 Å². The quantitative estimate of drug-likeness (QED) is 0.148. The minimum atomic E-state index is -0.938. The van der Waals surface area contributed by atoms with Crippen LogP contribution in [0, 0.1) is 0 Å². The number of halogens is 2. The number of ether oxygens (including phenoxy) is 6. The monoisotopic (exact) mass is 836 g/mol. The number of nitrogens with one attached hydrogen (secondary N) is 1. The summed E-state index contributed by atoms with van der Waals surface area (Å²) in [7, 11) is 6.39. The van der Waals surface area contributed by atoms with Crippen molar-refractivity contribution in [1.29, 1.82) is 0 Å². The smallest absolute Gasteiger partial charge is 0.221 e. The van der Waals surface area contributed by atoms with E-state index < -0.39 is 12.6 Å². The number of hydrogen-bond acceptors (Lipinski definition) is 10. The summed E-state index contributed by atoms with van der Waals surface area (Å²) < 4.78 is 34.6. The Morgan fingerprint density at radius 2 is 1.35 bits per heavy atom. The lowest BCUT2D eigenvalue weighted by molar-refractivity contribution is -0.114. The van der Waals surface area contributed by atoms with Gasteiger partial charge in [0.05, 0.1) is 37.4 Å². The summed E-state index contributed by atoms with van der Waals surface area (Å²) in [5.74, 6) is 3.49. The molecule has 4 unspecified atom stereocenters. The van der Waals surface area contributed by atoms with Gasteiger partial charge < -0.3 is 44.0 Å². The van der Waals surface area contributed by atoms with Gasteiger partial charge in [-0.3, -0.25) is 9.78 Å². The van der Waals surface area contributed by atoms with Crippen LogP contribution in [0.25, 0.3) is 10.8 Å². The zero-order valence-electron chi connectivity index (χ0n) is 29.1. The summed E-state index contributed by atoms with van der Waals surface area (Å²) in [5, 5.41) is 25.2. The fourth-order valence-corrected chi connectivity index (χ4v) is 7.96. The Labute approximate surface area is 318 Å². The van der Waals surface area contributed by atoms with Crippen LogP contribution in [0.5, 0.6) is 34.5 Å². The highest BCUT2D eigenvalue weighted by molar-refractivity contribution is 9.11. The number of aliphatic hydroxyl groups is 2. The maximum Gasteiger partial charge on any atom is 0.221 e. The van der Waals surface area contributed by atoms with Crippen LogP contribution in [-0.2, 0) is 4.79 Å². The average Bonchev–Trinajstić information content (AvgIpc) is 3.13. The first-order chi connectivity index (χ1) is 25.0. The van der Waals surface area contributed by atoms with Gasteiger partial charge in [-0.1, -0.05) is 18.2 Å². The van der Waals surface area contributed by atoms with E-state index in [2.05, 4.69) is 42.2 Å². The molecule has 11 nitrogen and oxygen atoms in total. The molecule has 0 bridgehead atoms. The van der Waals surface area contributed by atoms with Crippen molar-refractivity contribution in [3.8, 4) is 34.5 Å². The number of nitrogens with zero attached hydrogens (tertiary/aromatic N) is 1. The second kappa shape index (κ2) is 16.0. The van der Waals surface area contributed by atoms with Crippen LogP contribution in [0.1, 0.15) is 53.9 Å². The number of pyridine rings is 1. The molecule has 5 aromatic rings. The van der Waals surface area contributed by atoms with Crippen molar-refractivity contribution in [3.05, 3.63) is 104 Å². The molecule has 52 heavy (non-hydrogen) atoms. The molecule has 13 heteroatoms. The second-order valence-corrected chi connectivity index (χ2v) is 13.9. The molecule has 2 aliphatic rings. The highest BCUT2D eigenvalue weighted by atomic mass is 79.9. The Bertz CT molecular complexity index is 2110. The number of carbonyl (C=O) groups excluding carboxylic acids is 1. The largest absolute Gasteiger partial charge is 0.493 e. The Morgan fingerprint density at radius 1 is 0.769 bits per heavy atom. The number of aromatic nitrogens is 1. The topological polar surface area (TPSA) is 138 Å². The number of fused-ring (bicyclic) bond motifs is 4. The molecule has 0 saturated carbocycles. The fraction of sp³-hybridized carbons (Fsp3) is 0.282. The number of rotatable bonds is 7. The summed E-state index contributed by atoms with van der Waals surface area (Å²) >= 11 is 7.07. The third-order valence-electron chi connectivity index (χ3n) is 8.99. The van der Waals surface area contributed by atoms with E-state index in [1.165, 1.54) is 6.92 Å². The standard InChI is InChI=1S/C20H18BrNO4.C19H20BrNO5/c1-24-17-8-12(7-16(21)20(17)25-2)15-9-18(23)26-19-13-5-6-22-10-11(13)3-4-14(15)19;1-10(22)21-12-4-5-13-14(9-18(23)26-16(13)8-12)11-6-15(20)19(25-3)17(7-11)24-2/h3-8,10,15,18,23H,9H2,1-2H3;4-8,14,18,23H,9H2,1-3H3,(H,21,22). The molecule has 1 aromatic heterocycles. The molecule has 0 radical (unpaired) electrons. The summed E-state index contributed by atoms with van der Waals surface area (Å²) in [5.41, 5.74) is 4.58. The molecule has 1 amide bonds. The van der Waals surface area contributed by atoms with Gasteiger partial charge in [0.2, 0.25) is 5.91 Å². The van der Waals surface area contributed by atoms with Gasteiger partial charge in [0, 0.05) is 77.6 Å². The molecule has 0 spiro atoms. The summed E-state index contributed by atoms with van der Waals surface area (Å²) in [4.78, 5) is 15.4. The van der Waals surface area contributed by atoms with E-state index in [1.807, 2.05) is 54.6 Å². The molecule has 3 heterocycles. The van der Waals surface area contributed by atoms with Crippen molar-refractivity contribution >= 4 is 54.2 Å². The highest BCUT2D eigenvalue weighted by Crippen LogP contribution is 2.48. The summed E-state index contributed by atoms with van der Waals surface area (Å²) in [6, 6.07) is 19.2. The Hall–Kier alpha value is -4.56. The van der Waals surface area contributed by atoms with Crippen LogP contribution in [0.2, 0.25) is 0 Å². The lowest BCUT2D eigenvalue weighted by atomic mass is 9.85. The van der Waals surface area contributed by atoms with E-state index in [-0.39, 0.29) is 17.7 Å². The third-order valence-corrected chi connectivity index (χ3v) is 10.2. The molecule has 2 aliphatic heterocycles. The lowest BCUT2D eigenvalue weighted by Gasteiger charge is -2.31. The zero-order chi connectivity index (χ0) is 37.1. The molecule has 0 saturated heterocycles. The summed E-state index contributed by atoms with van der Waals surface area (Å²) in [6.45, 7) is 1.44. The normalized spacial score (nSPS) is 18.7. The maximum atomic E-state index is 11.3. The van der Waals surface area contributed by atoms with E-state index in [0.29, 0.717) is 53.0 Å². The predicted molar refractivity (Wildman–Crippen MR) is 203 cm³/mol. The van der Waals surface area contributed by atoms with E-state index in [1.54, 1.807) is 46.9 Å². The minimum absolute atomic E-state index is 0.0255. The van der Waals surface area contributed by atoms with Crippen molar-refractivity contribution in [2.45, 2.75) is 44.2 Å². The minimum Gasteiger partial charge on any atom is -0.493 e. The number of carbonyl (C=O) groups is 1. The average molecular weight is 839 g/mol. The van der Waals surface area contributed by atoms with Gasteiger partial charge in [-0.2, -0.15) is 0 Å². The van der Waals surface area contributed by atoms with Gasteiger partial charge in [0.25, 0.3) is 0 Å². The molecule has 272 valence electrons. The van der Waals surface area contributed by atoms with E-state index >= 15 is 0 Å². The number of amides is 1. The van der Waals surface area contributed by atoms with Crippen LogP contribution >= 0.6 is 31.9 Å². The number of methoxy groups -OCH3 is 4. The highest BCUT2D eigenvalue weighted by Gasteiger charge is 2.32. The van der Waals surface area contributed by atoms with Crippen LogP contribution in [0.15, 0.2) is 82.0 Å². The first-order valence-corrected chi connectivity index (χ1v) is 17.9. The number of hydrogen-bond donors (Lipinski definition) is 3. The molecular weight excluding hydrogens is 800 g/mol. The molecule has 0 aliphatic carbocycles. The van der Waals surface area contributed by atoms with Crippen molar-refractivity contribution in [3.63, 3.8) is 0 Å². The summed E-state index contributed by atoms with van der Waals surface area (Å²) in [6.07, 6.45) is 2.58. The first-order valence-electron chi connectivity index (χ1n) is 16.4. The second-order valence-electron chi connectivity index (χ2n) is 12.2. The lowest BCUT2D eigenvalue weighted by Crippen LogP contribution is -2.26. The zero-order valence-corrected chi connectivity index (χ0v) is 32.3. The third kappa shape index (κ3) is 7.63. The SMILES string of the molecule is COc1cc(C2CC(O)Oc3c2ccc2cnccc32)cc(Br)c1OC.COc1cc(C2CC(O)Oc3cc(NC(C)=O)ccc32)cc(Br)c1OC. The molecule has 0 fully saturated rings. The molecule has 3 N–H and O–H groups in total. The maximum absolute atomic E-state index is 11.3. The first kappa shape index (κ1) is 37.2. The Balaban J connectivity index is 0.000000179. The van der Waals surface area contributed by atoms with Gasteiger partial charge in [0.1, 0.15) is 11.5 Å². The van der Waals surface area contributed by atoms with Crippen LogP contribution in [0.3, 0.4) is 0 Å². The van der Waals surface area contributed by atoms with Gasteiger partial charge in [-0.05, 0) is 79.4 Å². The van der Waals surface area contributed by atoms with E-state index in [0.717, 1.165) is 42.0 Å². The number of anilines is 1. The van der Waals surface area contributed by atoms with E-state index in [4.69, 9.17) is 28.4 Å².